The van der Waals surface area contributed by atoms with Gasteiger partial charge >= 0.3 is 0 Å². The van der Waals surface area contributed by atoms with E-state index in [1.165, 1.54) is 0 Å². The first-order chi connectivity index (χ1) is 10.8. The Labute approximate surface area is 138 Å². The highest BCUT2D eigenvalue weighted by Gasteiger charge is 2.26. The molecule has 2 atom stereocenters. The number of morpholine rings is 1. The molecule has 7 heteroatoms. The number of likely N-dealkylation sites (N-methyl/N-ethyl adjacent to an activating group) is 1. The van der Waals surface area contributed by atoms with Gasteiger partial charge in [-0.25, -0.2) is 0 Å². The van der Waals surface area contributed by atoms with Crippen molar-refractivity contribution in [3.05, 3.63) is 11.7 Å². The summed E-state index contributed by atoms with van der Waals surface area (Å²) in [6.45, 7) is 12.7. The first-order valence-electron chi connectivity index (χ1n) is 8.30. The average Bonchev–Trinajstić information content (AvgIpc) is 2.97. The van der Waals surface area contributed by atoms with E-state index >= 15 is 0 Å². The molecule has 2 unspecified atom stereocenters. The fourth-order valence-corrected chi connectivity index (χ4v) is 2.53. The van der Waals surface area contributed by atoms with Crippen molar-refractivity contribution in [1.82, 2.24) is 19.9 Å². The van der Waals surface area contributed by atoms with Crippen molar-refractivity contribution in [3.63, 3.8) is 0 Å². The maximum absolute atomic E-state index is 10.3. The number of aliphatic hydroxyl groups is 1. The van der Waals surface area contributed by atoms with Crippen LogP contribution in [0.2, 0.25) is 0 Å². The van der Waals surface area contributed by atoms with E-state index in [0.29, 0.717) is 24.8 Å². The first kappa shape index (κ1) is 18.3. The van der Waals surface area contributed by atoms with Gasteiger partial charge in [0.1, 0.15) is 0 Å². The zero-order valence-electron chi connectivity index (χ0n) is 14.9. The lowest BCUT2D eigenvalue weighted by atomic mass is 9.96. The number of hydrogen-bond donors (Lipinski definition) is 1. The van der Waals surface area contributed by atoms with Gasteiger partial charge in [0.2, 0.25) is 5.89 Å². The van der Waals surface area contributed by atoms with Crippen LogP contribution in [0.3, 0.4) is 0 Å². The second-order valence-electron chi connectivity index (χ2n) is 7.39. The third-order valence-electron chi connectivity index (χ3n) is 4.20. The predicted molar refractivity (Wildman–Crippen MR) is 87.3 cm³/mol. The molecule has 1 aliphatic rings. The maximum Gasteiger partial charge on any atom is 0.243 e. The molecule has 1 aliphatic heterocycles. The topological polar surface area (TPSA) is 74.9 Å². The molecular weight excluding hydrogens is 296 g/mol. The van der Waals surface area contributed by atoms with Crippen LogP contribution in [0, 0.1) is 0 Å². The molecule has 0 radical (unpaired) electrons. The van der Waals surface area contributed by atoms with Crippen molar-refractivity contribution in [3.8, 4) is 0 Å². The van der Waals surface area contributed by atoms with Crippen LogP contribution in [0.5, 0.6) is 0 Å². The van der Waals surface area contributed by atoms with Crippen molar-refractivity contribution in [1.29, 1.82) is 0 Å². The van der Waals surface area contributed by atoms with Crippen LogP contribution < -0.4 is 0 Å². The van der Waals surface area contributed by atoms with Crippen molar-refractivity contribution < 1.29 is 14.4 Å². The normalized spacial score (nSPS) is 20.0. The molecule has 23 heavy (non-hydrogen) atoms. The summed E-state index contributed by atoms with van der Waals surface area (Å²) in [6, 6.07) is -0.0297. The lowest BCUT2D eigenvalue weighted by Gasteiger charge is -2.31. The minimum absolute atomic E-state index is 0.0297. The average molecular weight is 326 g/mol. The van der Waals surface area contributed by atoms with Crippen LogP contribution in [0.25, 0.3) is 0 Å². The van der Waals surface area contributed by atoms with Crippen LogP contribution in [-0.4, -0.2) is 77.6 Å². The maximum atomic E-state index is 10.3. The van der Waals surface area contributed by atoms with E-state index in [9.17, 15) is 5.11 Å². The van der Waals surface area contributed by atoms with Gasteiger partial charge in [-0.05, 0) is 14.0 Å². The van der Waals surface area contributed by atoms with Gasteiger partial charge in [-0.1, -0.05) is 25.9 Å². The van der Waals surface area contributed by atoms with E-state index in [2.05, 4.69) is 35.8 Å². The zero-order chi connectivity index (χ0) is 17.0. The van der Waals surface area contributed by atoms with Crippen LogP contribution in [-0.2, 0) is 10.2 Å². The second kappa shape index (κ2) is 7.70. The molecule has 1 saturated heterocycles. The molecule has 132 valence electrons. The second-order valence-corrected chi connectivity index (χ2v) is 7.39. The Balaban J connectivity index is 1.86. The van der Waals surface area contributed by atoms with Gasteiger partial charge in [0.25, 0.3) is 0 Å². The van der Waals surface area contributed by atoms with Gasteiger partial charge in [0.15, 0.2) is 5.82 Å². The molecule has 2 heterocycles. The molecule has 0 saturated carbocycles. The van der Waals surface area contributed by atoms with E-state index < -0.39 is 6.10 Å². The monoisotopic (exact) mass is 326 g/mol. The molecule has 2 rings (SSSR count). The number of rotatable bonds is 6. The molecule has 1 aromatic heterocycles. The van der Waals surface area contributed by atoms with Gasteiger partial charge in [0.05, 0.1) is 25.4 Å². The minimum Gasteiger partial charge on any atom is -0.390 e. The van der Waals surface area contributed by atoms with Crippen LogP contribution >= 0.6 is 0 Å². The third kappa shape index (κ3) is 5.24. The van der Waals surface area contributed by atoms with Crippen molar-refractivity contribution in [2.24, 2.45) is 0 Å². The van der Waals surface area contributed by atoms with E-state index in [1.807, 2.05) is 18.9 Å². The molecule has 0 aliphatic carbocycles. The minimum atomic E-state index is -0.412. The summed E-state index contributed by atoms with van der Waals surface area (Å²) < 4.78 is 10.7. The molecule has 0 spiro atoms. The highest BCUT2D eigenvalue weighted by atomic mass is 16.5. The van der Waals surface area contributed by atoms with Crippen molar-refractivity contribution >= 4 is 0 Å². The standard InChI is InChI=1S/C16H30N4O3/c1-12(14-17-15(18-23-14)16(2,3)4)19(5)10-13(21)11-20-6-8-22-9-7-20/h12-13,21H,6-11H2,1-5H3. The Hall–Kier alpha value is -1.02. The van der Waals surface area contributed by atoms with Crippen molar-refractivity contribution in [2.75, 3.05) is 46.4 Å². The predicted octanol–water partition coefficient (Wildman–Crippen LogP) is 1.05. The molecule has 1 N–H and O–H groups in total. The van der Waals surface area contributed by atoms with E-state index in [4.69, 9.17) is 9.26 Å². The number of aromatic nitrogens is 2. The molecule has 0 amide bonds. The van der Waals surface area contributed by atoms with Crippen molar-refractivity contribution in [2.45, 2.75) is 45.3 Å². The summed E-state index contributed by atoms with van der Waals surface area (Å²) >= 11 is 0. The smallest absolute Gasteiger partial charge is 0.243 e. The molecule has 0 bridgehead atoms. The van der Waals surface area contributed by atoms with Gasteiger partial charge in [-0.2, -0.15) is 4.98 Å². The van der Waals surface area contributed by atoms with E-state index in [-0.39, 0.29) is 11.5 Å². The zero-order valence-corrected chi connectivity index (χ0v) is 14.9. The summed E-state index contributed by atoms with van der Waals surface area (Å²) in [5, 5.41) is 14.4. The summed E-state index contributed by atoms with van der Waals surface area (Å²) in [5.74, 6) is 1.30. The van der Waals surface area contributed by atoms with E-state index in [1.54, 1.807) is 0 Å². The number of nitrogens with zero attached hydrogens (tertiary/aromatic N) is 4. The fourth-order valence-electron chi connectivity index (χ4n) is 2.53. The number of aliphatic hydroxyl groups excluding tert-OH is 1. The number of hydrogen-bond acceptors (Lipinski definition) is 7. The van der Waals surface area contributed by atoms with Gasteiger partial charge in [0, 0.05) is 31.6 Å². The van der Waals surface area contributed by atoms with Crippen LogP contribution in [0.4, 0.5) is 0 Å². The Bertz CT molecular complexity index is 480. The largest absolute Gasteiger partial charge is 0.390 e. The molecule has 7 nitrogen and oxygen atoms in total. The Morgan fingerprint density at radius 1 is 1.30 bits per heavy atom. The summed E-state index contributed by atoms with van der Waals surface area (Å²) in [6.07, 6.45) is -0.412. The Morgan fingerprint density at radius 3 is 2.52 bits per heavy atom. The first-order valence-corrected chi connectivity index (χ1v) is 8.30. The van der Waals surface area contributed by atoms with Crippen LogP contribution in [0.1, 0.15) is 45.5 Å². The highest BCUT2D eigenvalue weighted by molar-refractivity contribution is 5.01. The summed E-state index contributed by atoms with van der Waals surface area (Å²) in [7, 11) is 1.97. The fraction of sp³-hybridized carbons (Fsp3) is 0.875. The van der Waals surface area contributed by atoms with Crippen LogP contribution in [0.15, 0.2) is 4.52 Å². The lowest BCUT2D eigenvalue weighted by molar-refractivity contribution is 0.00527. The number of ether oxygens (including phenoxy) is 1. The molecule has 1 aromatic rings. The quantitative estimate of drug-likeness (QED) is 0.837. The van der Waals surface area contributed by atoms with E-state index in [0.717, 1.165) is 26.3 Å². The van der Waals surface area contributed by atoms with Gasteiger partial charge in [-0.3, -0.25) is 9.80 Å². The molecular formula is C16H30N4O3. The van der Waals surface area contributed by atoms with Gasteiger partial charge < -0.3 is 14.4 Å². The Kier molecular flexibility index (Phi) is 6.13. The summed E-state index contributed by atoms with van der Waals surface area (Å²) in [5.41, 5.74) is -0.129. The highest BCUT2D eigenvalue weighted by Crippen LogP contribution is 2.23. The summed E-state index contributed by atoms with van der Waals surface area (Å²) in [4.78, 5) is 8.78. The number of β-amino-alcohol motifs (C(OH)–C–C–N with tert-alkyl or cyclic N) is 1. The Morgan fingerprint density at radius 2 is 1.96 bits per heavy atom. The third-order valence-corrected chi connectivity index (χ3v) is 4.20. The lowest BCUT2D eigenvalue weighted by Crippen LogP contribution is -2.44. The van der Waals surface area contributed by atoms with Gasteiger partial charge in [-0.15, -0.1) is 0 Å². The SMILES string of the molecule is CC(c1nc(C(C)(C)C)no1)N(C)CC(O)CN1CCOCC1. The molecule has 1 fully saturated rings. The molecule has 0 aromatic carbocycles.